The van der Waals surface area contributed by atoms with Crippen LogP contribution in [0.2, 0.25) is 0 Å². The van der Waals surface area contributed by atoms with Gasteiger partial charge in [0.2, 0.25) is 11.8 Å². The molecule has 1 fully saturated rings. The lowest BCUT2D eigenvalue weighted by Gasteiger charge is -2.36. The van der Waals surface area contributed by atoms with Gasteiger partial charge in [0.1, 0.15) is 18.1 Å². The molecule has 7 nitrogen and oxygen atoms in total. The van der Waals surface area contributed by atoms with Gasteiger partial charge in [-0.25, -0.2) is 0 Å². The summed E-state index contributed by atoms with van der Waals surface area (Å²) in [5.41, 5.74) is 5.06. The van der Waals surface area contributed by atoms with Gasteiger partial charge in [-0.2, -0.15) is 0 Å². The average molecular weight is 548 g/mol. The van der Waals surface area contributed by atoms with Crippen molar-refractivity contribution in [3.05, 3.63) is 75.9 Å². The van der Waals surface area contributed by atoms with E-state index < -0.39 is 23.9 Å². The fraction of sp³-hybridized carbons (Fsp3) is 0.455. The van der Waals surface area contributed by atoms with E-state index >= 15 is 0 Å². The number of imide groups is 1. The van der Waals surface area contributed by atoms with E-state index in [1.165, 1.54) is 4.90 Å². The number of aliphatic hydroxyl groups is 2. The second-order valence-corrected chi connectivity index (χ2v) is 11.2. The van der Waals surface area contributed by atoms with E-state index in [4.69, 9.17) is 4.74 Å². The predicted molar refractivity (Wildman–Crippen MR) is 155 cm³/mol. The van der Waals surface area contributed by atoms with Gasteiger partial charge >= 0.3 is 0 Å². The van der Waals surface area contributed by atoms with Crippen molar-refractivity contribution >= 4 is 17.9 Å². The molecule has 0 aromatic heterocycles. The number of hydrogen-bond donors (Lipinski definition) is 3. The molecule has 2 amide bonds. The minimum absolute atomic E-state index is 0.173. The zero-order valence-corrected chi connectivity index (χ0v) is 23.9. The second kappa shape index (κ2) is 12.8. The molecule has 214 valence electrons. The second-order valence-electron chi connectivity index (χ2n) is 11.2. The number of phenolic OH excluding ortho intramolecular Hbond substituents is 1. The number of aromatic hydroxyl groups is 1. The molecular weight excluding hydrogens is 506 g/mol. The SMILES string of the molecule is CCCN1C(=O)[C@@H]2[C@@H](CC(COc3ccccc3)=C([C@H](O)CC/C(C)=C/c3cc(C)c(O)c(C)c3)[C@@H]2CO)C1=O. The Morgan fingerprint density at radius 1 is 1.12 bits per heavy atom. The van der Waals surface area contributed by atoms with Crippen molar-refractivity contribution in [3.8, 4) is 11.5 Å². The summed E-state index contributed by atoms with van der Waals surface area (Å²) in [5.74, 6) is -1.35. The Kier molecular flexibility index (Phi) is 9.48. The average Bonchev–Trinajstić information content (AvgIpc) is 3.17. The monoisotopic (exact) mass is 547 g/mol. The molecule has 3 N–H and O–H groups in total. The zero-order chi connectivity index (χ0) is 29.0. The molecule has 2 aliphatic rings. The van der Waals surface area contributed by atoms with Crippen LogP contribution >= 0.6 is 0 Å². The molecule has 1 saturated heterocycles. The van der Waals surface area contributed by atoms with Crippen molar-refractivity contribution < 1.29 is 29.6 Å². The number of likely N-dealkylation sites (tertiary alicyclic amines) is 1. The fourth-order valence-electron chi connectivity index (χ4n) is 6.24. The Morgan fingerprint density at radius 3 is 2.42 bits per heavy atom. The molecule has 2 aromatic rings. The predicted octanol–water partition coefficient (Wildman–Crippen LogP) is 4.95. The van der Waals surface area contributed by atoms with Gasteiger partial charge in [0.15, 0.2) is 0 Å². The summed E-state index contributed by atoms with van der Waals surface area (Å²) < 4.78 is 6.05. The van der Waals surface area contributed by atoms with E-state index in [1.807, 2.05) is 76.2 Å². The molecule has 0 bridgehead atoms. The Balaban J connectivity index is 1.60. The summed E-state index contributed by atoms with van der Waals surface area (Å²) in [5, 5.41) is 32.1. The van der Waals surface area contributed by atoms with Crippen molar-refractivity contribution in [2.24, 2.45) is 17.8 Å². The smallest absolute Gasteiger partial charge is 0.233 e. The number of phenols is 1. The van der Waals surface area contributed by atoms with E-state index in [2.05, 4.69) is 0 Å². The number of benzene rings is 2. The lowest BCUT2D eigenvalue weighted by Crippen LogP contribution is -2.40. The third-order valence-corrected chi connectivity index (χ3v) is 8.17. The van der Waals surface area contributed by atoms with Crippen LogP contribution in [0.25, 0.3) is 6.08 Å². The van der Waals surface area contributed by atoms with Gasteiger partial charge in [0, 0.05) is 12.5 Å². The van der Waals surface area contributed by atoms with Gasteiger partial charge < -0.3 is 20.1 Å². The number of nitrogens with zero attached hydrogens (tertiary/aromatic N) is 1. The number of carbonyl (C=O) groups excluding carboxylic acids is 2. The zero-order valence-electron chi connectivity index (χ0n) is 23.9. The molecule has 0 unspecified atom stereocenters. The number of aryl methyl sites for hydroxylation is 2. The van der Waals surface area contributed by atoms with Gasteiger partial charge in [-0.1, -0.05) is 36.8 Å². The van der Waals surface area contributed by atoms with Gasteiger partial charge in [-0.3, -0.25) is 14.5 Å². The fourth-order valence-corrected chi connectivity index (χ4v) is 6.24. The number of fused-ring (bicyclic) bond motifs is 1. The summed E-state index contributed by atoms with van der Waals surface area (Å²) in [6, 6.07) is 13.2. The van der Waals surface area contributed by atoms with Crippen molar-refractivity contribution in [2.45, 2.75) is 59.5 Å². The minimum Gasteiger partial charge on any atom is -0.507 e. The third kappa shape index (κ3) is 6.16. The Morgan fingerprint density at radius 2 is 1.80 bits per heavy atom. The molecule has 0 spiro atoms. The highest BCUT2D eigenvalue weighted by molar-refractivity contribution is 6.05. The highest BCUT2D eigenvalue weighted by atomic mass is 16.5. The van der Waals surface area contributed by atoms with Crippen LogP contribution in [0.15, 0.2) is 59.2 Å². The highest BCUT2D eigenvalue weighted by Crippen LogP contribution is 2.46. The molecule has 1 aliphatic carbocycles. The van der Waals surface area contributed by atoms with Crippen LogP contribution in [-0.2, 0) is 9.59 Å². The van der Waals surface area contributed by atoms with E-state index in [1.54, 1.807) is 0 Å². The number of amides is 2. The third-order valence-electron chi connectivity index (χ3n) is 8.17. The lowest BCUT2D eigenvalue weighted by molar-refractivity contribution is -0.140. The molecular formula is C33H41NO6. The van der Waals surface area contributed by atoms with Crippen molar-refractivity contribution in [3.63, 3.8) is 0 Å². The number of para-hydroxylation sites is 1. The first kappa shape index (κ1) is 29.6. The molecule has 1 heterocycles. The largest absolute Gasteiger partial charge is 0.507 e. The van der Waals surface area contributed by atoms with Gasteiger partial charge in [0.25, 0.3) is 0 Å². The van der Waals surface area contributed by atoms with Crippen LogP contribution < -0.4 is 4.74 Å². The molecule has 4 atom stereocenters. The van der Waals surface area contributed by atoms with Crippen LogP contribution in [0.4, 0.5) is 0 Å². The Bertz CT molecular complexity index is 1270. The van der Waals surface area contributed by atoms with E-state index in [0.29, 0.717) is 49.3 Å². The van der Waals surface area contributed by atoms with Crippen molar-refractivity contribution in [2.75, 3.05) is 19.8 Å². The standard InChI is InChI=1S/C33H41NO6/c1-5-13-34-32(38)26-17-24(19-40-25-9-7-6-8-10-25)29(27(18-35)30(26)33(34)39)28(36)12-11-20(2)14-23-15-21(3)31(37)22(4)16-23/h6-10,14-16,26-28,30,35-37H,5,11-13,17-19H2,1-4H3/b20-14+/t26-,27+,28-,30-/m1/s1. The molecule has 40 heavy (non-hydrogen) atoms. The van der Waals surface area contributed by atoms with Gasteiger partial charge in [-0.15, -0.1) is 0 Å². The summed E-state index contributed by atoms with van der Waals surface area (Å²) in [4.78, 5) is 27.9. The maximum atomic E-state index is 13.3. The first-order valence-electron chi connectivity index (χ1n) is 14.2. The summed E-state index contributed by atoms with van der Waals surface area (Å²) in [6.45, 7) is 7.86. The van der Waals surface area contributed by atoms with Gasteiger partial charge in [0.05, 0.1) is 24.5 Å². The van der Waals surface area contributed by atoms with E-state index in [9.17, 15) is 24.9 Å². The van der Waals surface area contributed by atoms with Crippen LogP contribution in [0, 0.1) is 31.6 Å². The number of ether oxygens (including phenoxy) is 1. The topological polar surface area (TPSA) is 107 Å². The lowest BCUT2D eigenvalue weighted by atomic mass is 9.68. The highest BCUT2D eigenvalue weighted by Gasteiger charge is 2.54. The Labute approximate surface area is 236 Å². The molecule has 2 aromatic carbocycles. The number of rotatable bonds is 11. The number of aliphatic hydroxyl groups excluding tert-OH is 2. The summed E-state index contributed by atoms with van der Waals surface area (Å²) in [6.07, 6.45) is 3.13. The summed E-state index contributed by atoms with van der Waals surface area (Å²) in [7, 11) is 0. The molecule has 7 heteroatoms. The normalized spacial score (nSPS) is 22.1. The molecule has 0 saturated carbocycles. The number of allylic oxidation sites excluding steroid dienone is 1. The Hall–Kier alpha value is -3.42. The number of carbonyl (C=O) groups is 2. The maximum absolute atomic E-state index is 13.3. The van der Waals surface area contributed by atoms with Gasteiger partial charge in [-0.05, 0) is 98.6 Å². The molecule has 0 radical (unpaired) electrons. The minimum atomic E-state index is -0.901. The number of hydrogen-bond acceptors (Lipinski definition) is 6. The van der Waals surface area contributed by atoms with Crippen LogP contribution in [0.5, 0.6) is 11.5 Å². The molecule has 4 rings (SSSR count). The van der Waals surface area contributed by atoms with Crippen molar-refractivity contribution in [1.29, 1.82) is 0 Å². The summed E-state index contributed by atoms with van der Waals surface area (Å²) >= 11 is 0. The van der Waals surface area contributed by atoms with E-state index in [-0.39, 0.29) is 25.0 Å². The quantitative estimate of drug-likeness (QED) is 0.271. The maximum Gasteiger partial charge on any atom is 0.233 e. The first-order valence-corrected chi connectivity index (χ1v) is 14.2. The van der Waals surface area contributed by atoms with Crippen molar-refractivity contribution in [1.82, 2.24) is 4.90 Å². The molecule has 1 aliphatic heterocycles. The van der Waals surface area contributed by atoms with Crippen LogP contribution in [0.1, 0.15) is 56.2 Å². The first-order chi connectivity index (χ1) is 19.2. The van der Waals surface area contributed by atoms with Crippen LogP contribution in [0.3, 0.4) is 0 Å². The van der Waals surface area contributed by atoms with Crippen LogP contribution in [-0.4, -0.2) is 57.9 Å². The van der Waals surface area contributed by atoms with E-state index in [0.717, 1.165) is 27.8 Å².